The fraction of sp³-hybridized carbons (Fsp3) is 0.476. The lowest BCUT2D eigenvalue weighted by Crippen LogP contribution is -2.64. The standard InChI is InChI=1S/C21H24Cl3N3O6/c1-10(2)33-20(30)26-9-16(28)27-11(3)17-12(14(31-4)6-7-15(17)32-5)8-13(27)18(26)25-19(29)21(22,23)24/h6-8,10-11,18H,9H2,1-5H3,(H,25,29)/t11-,18+/m0/s1. The lowest BCUT2D eigenvalue weighted by Gasteiger charge is -2.47. The number of carbonyl (C=O) groups excluding carboxylic acids is 3. The maximum Gasteiger partial charge on any atom is 0.412 e. The lowest BCUT2D eigenvalue weighted by molar-refractivity contribution is -0.138. The van der Waals surface area contributed by atoms with Crippen LogP contribution >= 0.6 is 34.8 Å². The number of amides is 3. The summed E-state index contributed by atoms with van der Waals surface area (Å²) in [6, 6.07) is 2.96. The maximum atomic E-state index is 13.2. The summed E-state index contributed by atoms with van der Waals surface area (Å²) in [5.74, 6) is -0.272. The van der Waals surface area contributed by atoms with Crippen molar-refractivity contribution in [2.75, 3.05) is 20.8 Å². The van der Waals surface area contributed by atoms with E-state index in [1.54, 1.807) is 32.1 Å². The summed E-state index contributed by atoms with van der Waals surface area (Å²) in [5.41, 5.74) is 1.65. The van der Waals surface area contributed by atoms with Crippen LogP contribution < -0.4 is 14.8 Å². The molecule has 12 heteroatoms. The molecule has 2 aliphatic rings. The van der Waals surface area contributed by atoms with E-state index >= 15 is 0 Å². The molecule has 0 unspecified atom stereocenters. The molecular formula is C21H24Cl3N3O6. The molecule has 2 aliphatic heterocycles. The largest absolute Gasteiger partial charge is 0.496 e. The van der Waals surface area contributed by atoms with Crippen LogP contribution in [0, 0.1) is 0 Å². The van der Waals surface area contributed by atoms with E-state index in [9.17, 15) is 14.4 Å². The van der Waals surface area contributed by atoms with Gasteiger partial charge in [0.2, 0.25) is 5.91 Å². The van der Waals surface area contributed by atoms with E-state index in [4.69, 9.17) is 49.0 Å². The summed E-state index contributed by atoms with van der Waals surface area (Å²) >= 11 is 17.3. The van der Waals surface area contributed by atoms with Gasteiger partial charge in [-0.1, -0.05) is 34.8 Å². The first kappa shape index (κ1) is 25.3. The molecule has 9 nitrogen and oxygen atoms in total. The van der Waals surface area contributed by atoms with E-state index in [0.717, 1.165) is 10.5 Å². The normalized spacial score (nSPS) is 20.0. The third kappa shape index (κ3) is 4.81. The second-order valence-electron chi connectivity index (χ2n) is 7.74. The fourth-order valence-electron chi connectivity index (χ4n) is 3.94. The first-order chi connectivity index (χ1) is 15.4. The van der Waals surface area contributed by atoms with E-state index in [0.29, 0.717) is 22.8 Å². The number of rotatable bonds is 4. The number of fused-ring (bicyclic) bond motifs is 2. The zero-order chi connectivity index (χ0) is 24.7. The molecule has 1 fully saturated rings. The van der Waals surface area contributed by atoms with Gasteiger partial charge < -0.3 is 24.4 Å². The summed E-state index contributed by atoms with van der Waals surface area (Å²) in [6.45, 7) is 4.78. The van der Waals surface area contributed by atoms with Crippen molar-refractivity contribution in [1.82, 2.24) is 15.1 Å². The molecule has 0 bridgehead atoms. The first-order valence-corrected chi connectivity index (χ1v) is 11.2. The van der Waals surface area contributed by atoms with E-state index in [-0.39, 0.29) is 12.5 Å². The van der Waals surface area contributed by atoms with Gasteiger partial charge in [0, 0.05) is 11.1 Å². The molecular weight excluding hydrogens is 497 g/mol. The Bertz CT molecular complexity index is 1010. The smallest absolute Gasteiger partial charge is 0.412 e. The molecule has 1 aromatic rings. The molecule has 2 heterocycles. The number of methoxy groups -OCH3 is 2. The van der Waals surface area contributed by atoms with Gasteiger partial charge in [0.15, 0.2) is 0 Å². The van der Waals surface area contributed by atoms with Crippen molar-refractivity contribution in [3.63, 3.8) is 0 Å². The Morgan fingerprint density at radius 2 is 1.76 bits per heavy atom. The van der Waals surface area contributed by atoms with Crippen molar-refractivity contribution in [2.45, 2.75) is 42.9 Å². The number of benzene rings is 1. The average Bonchev–Trinajstić information content (AvgIpc) is 2.73. The Morgan fingerprint density at radius 1 is 1.15 bits per heavy atom. The van der Waals surface area contributed by atoms with Crippen LogP contribution in [0.25, 0.3) is 6.08 Å². The molecule has 1 aromatic carbocycles. The van der Waals surface area contributed by atoms with Crippen LogP contribution in [0.1, 0.15) is 37.9 Å². The molecule has 0 aliphatic carbocycles. The number of nitrogens with one attached hydrogen (secondary N) is 1. The second-order valence-corrected chi connectivity index (χ2v) is 10.0. The van der Waals surface area contributed by atoms with Gasteiger partial charge in [0.05, 0.1) is 32.1 Å². The number of ether oxygens (including phenoxy) is 3. The van der Waals surface area contributed by atoms with E-state index in [1.165, 1.54) is 19.1 Å². The maximum absolute atomic E-state index is 13.2. The van der Waals surface area contributed by atoms with E-state index in [2.05, 4.69) is 5.32 Å². The molecule has 0 saturated carbocycles. The molecule has 1 saturated heterocycles. The number of hydrogen-bond acceptors (Lipinski definition) is 6. The van der Waals surface area contributed by atoms with Crippen molar-refractivity contribution < 1.29 is 28.6 Å². The summed E-state index contributed by atoms with van der Waals surface area (Å²) < 4.78 is 14.0. The van der Waals surface area contributed by atoms with Crippen molar-refractivity contribution in [3.05, 3.63) is 29.0 Å². The molecule has 1 N–H and O–H groups in total. The highest BCUT2D eigenvalue weighted by Gasteiger charge is 2.47. The average molecular weight is 521 g/mol. The lowest BCUT2D eigenvalue weighted by atomic mass is 9.90. The predicted octanol–water partition coefficient (Wildman–Crippen LogP) is 3.62. The minimum atomic E-state index is -2.29. The van der Waals surface area contributed by atoms with Gasteiger partial charge in [0.1, 0.15) is 24.2 Å². The molecule has 0 radical (unpaired) electrons. The van der Waals surface area contributed by atoms with Crippen LogP contribution in [0.3, 0.4) is 0 Å². The fourth-order valence-corrected chi connectivity index (χ4v) is 4.11. The Kier molecular flexibility index (Phi) is 7.26. The first-order valence-electron chi connectivity index (χ1n) is 10.0. The third-order valence-electron chi connectivity index (χ3n) is 5.28. The Balaban J connectivity index is 2.20. The SMILES string of the molecule is COc1ccc(OC)c2c1C=C1[C@H](NC(=O)C(Cl)(Cl)Cl)N(C(=O)OC(C)C)CC(=O)N1[C@H]2C. The topological polar surface area (TPSA) is 97.4 Å². The number of hydrogen-bond donors (Lipinski definition) is 1. The number of nitrogens with zero attached hydrogens (tertiary/aromatic N) is 2. The summed E-state index contributed by atoms with van der Waals surface area (Å²) in [5, 5.41) is 2.56. The van der Waals surface area contributed by atoms with Crippen LogP contribution in [-0.4, -0.2) is 64.5 Å². The zero-order valence-electron chi connectivity index (χ0n) is 18.6. The Labute approximate surface area is 206 Å². The molecule has 3 rings (SSSR count). The minimum absolute atomic E-state index is 0.293. The van der Waals surface area contributed by atoms with Gasteiger partial charge in [0.25, 0.3) is 9.70 Å². The quantitative estimate of drug-likeness (QED) is 0.609. The summed E-state index contributed by atoms with van der Waals surface area (Å²) in [7, 11) is 3.04. The van der Waals surface area contributed by atoms with Crippen LogP contribution in [0.4, 0.5) is 4.79 Å². The van der Waals surface area contributed by atoms with Crippen molar-refractivity contribution in [1.29, 1.82) is 0 Å². The Morgan fingerprint density at radius 3 is 2.30 bits per heavy atom. The van der Waals surface area contributed by atoms with E-state index in [1.807, 2.05) is 6.92 Å². The molecule has 33 heavy (non-hydrogen) atoms. The number of carbonyl (C=O) groups is 3. The number of piperazine rings is 1. The van der Waals surface area contributed by atoms with E-state index < -0.39 is 34.1 Å². The van der Waals surface area contributed by atoms with Gasteiger partial charge in [-0.25, -0.2) is 4.79 Å². The molecule has 2 atom stereocenters. The van der Waals surface area contributed by atoms with Crippen LogP contribution in [0.15, 0.2) is 17.8 Å². The second kappa shape index (κ2) is 9.48. The highest BCUT2D eigenvalue weighted by molar-refractivity contribution is 6.76. The summed E-state index contributed by atoms with van der Waals surface area (Å²) in [4.78, 5) is 41.2. The molecule has 3 amide bonds. The molecule has 180 valence electrons. The van der Waals surface area contributed by atoms with Crippen molar-refractivity contribution in [2.24, 2.45) is 0 Å². The van der Waals surface area contributed by atoms with Crippen LogP contribution in [0.5, 0.6) is 11.5 Å². The Hall–Kier alpha value is -2.36. The minimum Gasteiger partial charge on any atom is -0.496 e. The van der Waals surface area contributed by atoms with Crippen LogP contribution in [-0.2, 0) is 14.3 Å². The molecule has 0 spiro atoms. The van der Waals surface area contributed by atoms with Gasteiger partial charge in [-0.3, -0.25) is 14.5 Å². The van der Waals surface area contributed by atoms with Crippen molar-refractivity contribution in [3.8, 4) is 11.5 Å². The predicted molar refractivity (Wildman–Crippen MR) is 123 cm³/mol. The van der Waals surface area contributed by atoms with Gasteiger partial charge in [-0.05, 0) is 39.0 Å². The third-order valence-corrected chi connectivity index (χ3v) is 5.80. The van der Waals surface area contributed by atoms with Gasteiger partial charge in [-0.2, -0.15) is 0 Å². The van der Waals surface area contributed by atoms with Crippen molar-refractivity contribution >= 4 is 58.8 Å². The number of alkyl halides is 3. The monoisotopic (exact) mass is 519 g/mol. The summed E-state index contributed by atoms with van der Waals surface area (Å²) in [6.07, 6.45) is -0.764. The molecule has 0 aromatic heterocycles. The van der Waals surface area contributed by atoms with Crippen LogP contribution in [0.2, 0.25) is 0 Å². The number of halogens is 3. The zero-order valence-corrected chi connectivity index (χ0v) is 20.9. The highest BCUT2D eigenvalue weighted by atomic mass is 35.6. The van der Waals surface area contributed by atoms with Gasteiger partial charge >= 0.3 is 6.09 Å². The van der Waals surface area contributed by atoms with Gasteiger partial charge in [-0.15, -0.1) is 0 Å². The highest BCUT2D eigenvalue weighted by Crippen LogP contribution is 2.45.